The van der Waals surface area contributed by atoms with Gasteiger partial charge in [0.05, 0.1) is 6.54 Å². The average Bonchev–Trinajstić information content (AvgIpc) is 2.10. The monoisotopic (exact) mass is 183 g/mol. The molecule has 1 aliphatic rings. The largest absolute Gasteiger partial charge is 0.351 e. The number of likely N-dealkylation sites (tertiary alicyclic amines) is 1. The molecule has 1 nitrogen and oxygen atoms in total. The van der Waals surface area contributed by atoms with Gasteiger partial charge in [-0.1, -0.05) is 12.2 Å². The van der Waals surface area contributed by atoms with Gasteiger partial charge in [-0.05, 0) is 0 Å². The highest BCUT2D eigenvalue weighted by molar-refractivity contribution is 8.10. The van der Waals surface area contributed by atoms with E-state index in [-0.39, 0.29) is 17.3 Å². The van der Waals surface area contributed by atoms with Crippen LogP contribution in [0.3, 0.4) is 0 Å². The van der Waals surface area contributed by atoms with Crippen LogP contribution in [0.1, 0.15) is 6.42 Å². The molecule has 0 aromatic heterocycles. The molecule has 0 aromatic carbocycles. The number of hydrogen-bond acceptors (Lipinski definition) is 1. The standard InChI is InChI=1S/C5H7F2NS2/c6-5(7)1-2-8(3-5)4(9)10/h1-3H2,(H,9,10). The fourth-order valence-corrected chi connectivity index (χ4v) is 1.23. The number of alkyl halides is 2. The normalized spacial score (nSPS) is 23.3. The number of halogens is 2. The summed E-state index contributed by atoms with van der Waals surface area (Å²) in [7, 11) is 0. The minimum absolute atomic E-state index is 0.103. The highest BCUT2D eigenvalue weighted by Crippen LogP contribution is 2.27. The smallest absolute Gasteiger partial charge is 0.266 e. The Kier molecular flexibility index (Phi) is 2.15. The van der Waals surface area contributed by atoms with E-state index in [1.54, 1.807) is 0 Å². The van der Waals surface area contributed by atoms with Crippen LogP contribution in [-0.2, 0) is 0 Å². The van der Waals surface area contributed by atoms with Crippen molar-refractivity contribution in [2.45, 2.75) is 12.3 Å². The van der Waals surface area contributed by atoms with Crippen LogP contribution in [0.5, 0.6) is 0 Å². The van der Waals surface area contributed by atoms with Gasteiger partial charge < -0.3 is 4.90 Å². The zero-order valence-electron chi connectivity index (χ0n) is 5.18. The first-order chi connectivity index (χ1) is 4.51. The van der Waals surface area contributed by atoms with E-state index < -0.39 is 5.92 Å². The summed E-state index contributed by atoms with van der Waals surface area (Å²) in [6, 6.07) is 0. The van der Waals surface area contributed by atoms with Gasteiger partial charge in [-0.3, -0.25) is 0 Å². The third-order valence-electron chi connectivity index (χ3n) is 1.44. The molecule has 0 atom stereocenters. The Balaban J connectivity index is 2.51. The van der Waals surface area contributed by atoms with Gasteiger partial charge in [0.2, 0.25) is 0 Å². The number of thiocarbonyl (C=S) groups is 1. The van der Waals surface area contributed by atoms with Crippen molar-refractivity contribution >= 4 is 29.2 Å². The summed E-state index contributed by atoms with van der Waals surface area (Å²) in [4.78, 5) is 1.40. The van der Waals surface area contributed by atoms with Gasteiger partial charge in [0.1, 0.15) is 4.32 Å². The Bertz CT molecular complexity index is 160. The van der Waals surface area contributed by atoms with Gasteiger partial charge >= 0.3 is 0 Å². The Labute approximate surface area is 68.8 Å². The second-order valence-corrected chi connectivity index (χ2v) is 3.42. The minimum atomic E-state index is -2.56. The molecule has 1 heterocycles. The summed E-state index contributed by atoms with van der Waals surface area (Å²) in [6.07, 6.45) is -0.103. The molecular formula is C5H7F2NS2. The van der Waals surface area contributed by atoms with E-state index in [0.29, 0.717) is 6.54 Å². The molecule has 1 aliphatic heterocycles. The summed E-state index contributed by atoms with van der Waals surface area (Å²) < 4.78 is 25.1. The molecule has 5 heteroatoms. The molecule has 0 spiro atoms. The molecule has 1 fully saturated rings. The van der Waals surface area contributed by atoms with E-state index >= 15 is 0 Å². The summed E-state index contributed by atoms with van der Waals surface area (Å²) in [6.45, 7) is 0.0602. The highest BCUT2D eigenvalue weighted by atomic mass is 32.1. The van der Waals surface area contributed by atoms with Crippen LogP contribution in [0, 0.1) is 0 Å². The van der Waals surface area contributed by atoms with Crippen LogP contribution in [-0.4, -0.2) is 28.2 Å². The maximum atomic E-state index is 12.4. The Morgan fingerprint density at radius 3 is 2.40 bits per heavy atom. The van der Waals surface area contributed by atoms with E-state index in [2.05, 4.69) is 24.8 Å². The van der Waals surface area contributed by atoms with Gasteiger partial charge in [-0.15, -0.1) is 12.6 Å². The van der Waals surface area contributed by atoms with Gasteiger partial charge in [0, 0.05) is 13.0 Å². The first-order valence-corrected chi connectivity index (χ1v) is 3.72. The van der Waals surface area contributed by atoms with Crippen molar-refractivity contribution in [1.29, 1.82) is 0 Å². The lowest BCUT2D eigenvalue weighted by molar-refractivity contribution is 0.0179. The summed E-state index contributed by atoms with van der Waals surface area (Å²) in [5.41, 5.74) is 0. The molecule has 0 aliphatic carbocycles. The van der Waals surface area contributed by atoms with Gasteiger partial charge in [0.25, 0.3) is 5.92 Å². The summed E-state index contributed by atoms with van der Waals surface area (Å²) in [5.74, 6) is -2.56. The summed E-state index contributed by atoms with van der Waals surface area (Å²) in [5, 5.41) is 0. The number of hydrogen-bond donors (Lipinski definition) is 1. The van der Waals surface area contributed by atoms with Crippen LogP contribution in [0.15, 0.2) is 0 Å². The van der Waals surface area contributed by atoms with Crippen molar-refractivity contribution in [3.05, 3.63) is 0 Å². The van der Waals surface area contributed by atoms with Gasteiger partial charge in [0.15, 0.2) is 0 Å². The fourth-order valence-electron chi connectivity index (χ4n) is 0.899. The molecule has 0 bridgehead atoms. The van der Waals surface area contributed by atoms with Crippen LogP contribution in [0.4, 0.5) is 8.78 Å². The molecule has 1 rings (SSSR count). The fraction of sp³-hybridized carbons (Fsp3) is 0.800. The molecule has 0 aromatic rings. The zero-order chi connectivity index (χ0) is 7.78. The van der Waals surface area contributed by atoms with Crippen molar-refractivity contribution in [3.63, 3.8) is 0 Å². The second kappa shape index (κ2) is 2.62. The van der Waals surface area contributed by atoms with Crippen LogP contribution >= 0.6 is 24.8 Å². The maximum Gasteiger partial charge on any atom is 0.266 e. The third-order valence-corrected chi connectivity index (χ3v) is 1.98. The second-order valence-electron chi connectivity index (χ2n) is 2.31. The molecule has 0 unspecified atom stereocenters. The predicted octanol–water partition coefficient (Wildman–Crippen LogP) is 1.54. The molecular weight excluding hydrogens is 176 g/mol. The first-order valence-electron chi connectivity index (χ1n) is 2.87. The third kappa shape index (κ3) is 1.79. The number of rotatable bonds is 0. The Morgan fingerprint density at radius 2 is 2.20 bits per heavy atom. The van der Waals surface area contributed by atoms with Crippen molar-refractivity contribution in [1.82, 2.24) is 4.90 Å². The predicted molar refractivity (Wildman–Crippen MR) is 42.7 cm³/mol. The van der Waals surface area contributed by atoms with Crippen LogP contribution < -0.4 is 0 Å². The minimum Gasteiger partial charge on any atom is -0.351 e. The molecule has 0 amide bonds. The molecule has 58 valence electrons. The topological polar surface area (TPSA) is 3.24 Å². The lowest BCUT2D eigenvalue weighted by atomic mass is 10.3. The number of thiol groups is 1. The highest BCUT2D eigenvalue weighted by Gasteiger charge is 2.38. The van der Waals surface area contributed by atoms with E-state index in [1.807, 2.05) is 0 Å². The molecule has 0 saturated carbocycles. The number of nitrogens with zero attached hydrogens (tertiary/aromatic N) is 1. The molecule has 10 heavy (non-hydrogen) atoms. The lowest BCUT2D eigenvalue weighted by Gasteiger charge is -2.14. The van der Waals surface area contributed by atoms with Crippen molar-refractivity contribution in [2.75, 3.05) is 13.1 Å². The van der Waals surface area contributed by atoms with Crippen molar-refractivity contribution in [2.24, 2.45) is 0 Å². The van der Waals surface area contributed by atoms with Crippen LogP contribution in [0.2, 0.25) is 0 Å². The molecule has 0 N–H and O–H groups in total. The maximum absolute atomic E-state index is 12.4. The van der Waals surface area contributed by atoms with Crippen molar-refractivity contribution < 1.29 is 8.78 Å². The van der Waals surface area contributed by atoms with E-state index in [4.69, 9.17) is 0 Å². The van der Waals surface area contributed by atoms with Crippen LogP contribution in [0.25, 0.3) is 0 Å². The van der Waals surface area contributed by atoms with Gasteiger partial charge in [-0.2, -0.15) is 0 Å². The molecule has 0 radical (unpaired) electrons. The quantitative estimate of drug-likeness (QED) is 0.448. The average molecular weight is 183 g/mol. The Morgan fingerprint density at radius 1 is 1.60 bits per heavy atom. The van der Waals surface area contributed by atoms with E-state index in [0.717, 1.165) is 0 Å². The van der Waals surface area contributed by atoms with Gasteiger partial charge in [-0.25, -0.2) is 8.78 Å². The van der Waals surface area contributed by atoms with Crippen molar-refractivity contribution in [3.8, 4) is 0 Å². The zero-order valence-corrected chi connectivity index (χ0v) is 6.89. The summed E-state index contributed by atoms with van der Waals surface area (Å²) >= 11 is 8.41. The lowest BCUT2D eigenvalue weighted by Crippen LogP contribution is -2.26. The molecule has 1 saturated heterocycles. The first kappa shape index (κ1) is 8.20. The Hall–Kier alpha value is 0.100. The van der Waals surface area contributed by atoms with E-state index in [1.165, 1.54) is 4.90 Å². The SMILES string of the molecule is FC1(F)CCN(C(=S)S)C1. The van der Waals surface area contributed by atoms with E-state index in [9.17, 15) is 8.78 Å².